The van der Waals surface area contributed by atoms with Gasteiger partial charge >= 0.3 is 0 Å². The molecule has 182 valence electrons. The van der Waals surface area contributed by atoms with Gasteiger partial charge in [0.1, 0.15) is 11.4 Å². The molecule has 9 nitrogen and oxygen atoms in total. The summed E-state index contributed by atoms with van der Waals surface area (Å²) < 4.78 is 5.51. The average Bonchev–Trinajstić information content (AvgIpc) is 3.25. The number of anilines is 2. The summed E-state index contributed by atoms with van der Waals surface area (Å²) in [6.45, 7) is 5.00. The van der Waals surface area contributed by atoms with Crippen LogP contribution in [-0.4, -0.2) is 54.7 Å². The van der Waals surface area contributed by atoms with Gasteiger partial charge in [-0.25, -0.2) is 0 Å². The van der Waals surface area contributed by atoms with Gasteiger partial charge in [0.05, 0.1) is 18.6 Å². The maximum absolute atomic E-state index is 13.6. The molecular weight excluding hydrogens is 432 g/mol. The molecule has 0 aliphatic carbocycles. The standard InChI is InChI=1S/C25H34N6O3/c1-16(30-12-5-6-23(30)32)7-8-17(2)31-13-11-18(14-22(26)27)24(25(31)33)29-20-10-9-19(28-3)15-21(20)34-4/h7-10,15,28-29H,5-6,11-14H2,1-4H3,(H3,26,27)/b16-7+,17-8+. The Hall–Kier alpha value is -3.75. The van der Waals surface area contributed by atoms with E-state index >= 15 is 0 Å². The maximum atomic E-state index is 13.6. The van der Waals surface area contributed by atoms with E-state index in [0.717, 1.165) is 35.6 Å². The number of hydrogen-bond acceptors (Lipinski definition) is 6. The van der Waals surface area contributed by atoms with Crippen molar-refractivity contribution >= 4 is 29.0 Å². The third-order valence-electron chi connectivity index (χ3n) is 6.09. The largest absolute Gasteiger partial charge is 0.494 e. The van der Waals surface area contributed by atoms with E-state index in [2.05, 4.69) is 10.6 Å². The highest BCUT2D eigenvalue weighted by Gasteiger charge is 2.29. The summed E-state index contributed by atoms with van der Waals surface area (Å²) in [6, 6.07) is 5.58. The third-order valence-corrected chi connectivity index (χ3v) is 6.09. The molecule has 0 atom stereocenters. The number of methoxy groups -OCH3 is 1. The zero-order chi connectivity index (χ0) is 24.8. The van der Waals surface area contributed by atoms with Crippen molar-refractivity contribution in [3.63, 3.8) is 0 Å². The quantitative estimate of drug-likeness (QED) is 0.251. The van der Waals surface area contributed by atoms with Crippen molar-refractivity contribution in [2.45, 2.75) is 39.5 Å². The molecule has 0 saturated carbocycles. The highest BCUT2D eigenvalue weighted by Crippen LogP contribution is 2.32. The Labute approximate surface area is 200 Å². The summed E-state index contributed by atoms with van der Waals surface area (Å²) in [5, 5.41) is 14.1. The van der Waals surface area contributed by atoms with E-state index in [-0.39, 0.29) is 24.1 Å². The van der Waals surface area contributed by atoms with Gasteiger partial charge in [0, 0.05) is 56.1 Å². The number of nitrogens with zero attached hydrogens (tertiary/aromatic N) is 2. The molecule has 0 radical (unpaired) electrons. The molecule has 1 aromatic carbocycles. The van der Waals surface area contributed by atoms with Gasteiger partial charge < -0.3 is 30.9 Å². The predicted molar refractivity (Wildman–Crippen MR) is 135 cm³/mol. The Kier molecular flexibility index (Phi) is 7.99. The Balaban J connectivity index is 1.89. The van der Waals surface area contributed by atoms with Gasteiger partial charge in [-0.05, 0) is 56.5 Å². The summed E-state index contributed by atoms with van der Waals surface area (Å²) in [5.74, 6) is 0.538. The van der Waals surface area contributed by atoms with E-state index in [1.807, 2.05) is 51.2 Å². The third kappa shape index (κ3) is 5.59. The first-order valence-electron chi connectivity index (χ1n) is 11.4. The number of benzene rings is 1. The number of amidine groups is 1. The van der Waals surface area contributed by atoms with E-state index < -0.39 is 0 Å². The van der Waals surface area contributed by atoms with Crippen LogP contribution in [0.2, 0.25) is 0 Å². The molecule has 2 aliphatic rings. The van der Waals surface area contributed by atoms with Crippen LogP contribution in [0, 0.1) is 5.41 Å². The predicted octanol–water partition coefficient (Wildman–Crippen LogP) is 3.39. The smallest absolute Gasteiger partial charge is 0.274 e. The minimum Gasteiger partial charge on any atom is -0.494 e. The van der Waals surface area contributed by atoms with E-state index in [1.165, 1.54) is 0 Å². The first-order chi connectivity index (χ1) is 16.2. The Morgan fingerprint density at radius 2 is 1.85 bits per heavy atom. The van der Waals surface area contributed by atoms with Crippen LogP contribution in [0.1, 0.15) is 39.5 Å². The van der Waals surface area contributed by atoms with Gasteiger partial charge in [0.15, 0.2) is 0 Å². The van der Waals surface area contributed by atoms with Crippen LogP contribution in [0.4, 0.5) is 11.4 Å². The summed E-state index contributed by atoms with van der Waals surface area (Å²) >= 11 is 0. The molecule has 2 aliphatic heterocycles. The number of amides is 2. The highest BCUT2D eigenvalue weighted by molar-refractivity contribution is 6.00. The number of rotatable bonds is 9. The lowest BCUT2D eigenvalue weighted by molar-refractivity contribution is -0.126. The summed E-state index contributed by atoms with van der Waals surface area (Å²) in [4.78, 5) is 29.0. The van der Waals surface area contributed by atoms with E-state index in [4.69, 9.17) is 15.9 Å². The fraction of sp³-hybridized carbons (Fsp3) is 0.400. The minimum absolute atomic E-state index is 0.00847. The van der Waals surface area contributed by atoms with E-state index in [9.17, 15) is 9.59 Å². The normalized spacial score (nSPS) is 17.4. The SMILES string of the molecule is CNc1ccc(NC2=C(CC(=N)N)CCN(/C(C)=C/C=C(\C)N3CCCC3=O)C2=O)c(OC)c1. The van der Waals surface area contributed by atoms with Crippen molar-refractivity contribution in [3.05, 3.63) is 53.0 Å². The second kappa shape index (κ2) is 10.9. The molecule has 5 N–H and O–H groups in total. The van der Waals surface area contributed by atoms with Crippen LogP contribution in [0.5, 0.6) is 5.75 Å². The van der Waals surface area contributed by atoms with Gasteiger partial charge in [-0.1, -0.05) is 0 Å². The molecule has 3 rings (SSSR count). The molecule has 0 aromatic heterocycles. The molecule has 0 bridgehead atoms. The van der Waals surface area contributed by atoms with Crippen molar-refractivity contribution in [2.24, 2.45) is 5.73 Å². The van der Waals surface area contributed by atoms with Crippen molar-refractivity contribution in [2.75, 3.05) is 37.9 Å². The van der Waals surface area contributed by atoms with Gasteiger partial charge in [-0.3, -0.25) is 15.0 Å². The molecule has 0 spiro atoms. The molecule has 34 heavy (non-hydrogen) atoms. The van der Waals surface area contributed by atoms with Crippen molar-refractivity contribution < 1.29 is 14.3 Å². The number of ether oxygens (including phenoxy) is 1. The van der Waals surface area contributed by atoms with E-state index in [0.29, 0.717) is 36.5 Å². The monoisotopic (exact) mass is 466 g/mol. The van der Waals surface area contributed by atoms with Crippen molar-refractivity contribution in [1.82, 2.24) is 9.80 Å². The molecule has 9 heteroatoms. The zero-order valence-electron chi connectivity index (χ0n) is 20.3. The van der Waals surface area contributed by atoms with Crippen molar-refractivity contribution in [1.29, 1.82) is 5.41 Å². The van der Waals surface area contributed by atoms with Gasteiger partial charge in [-0.15, -0.1) is 0 Å². The fourth-order valence-electron chi connectivity index (χ4n) is 4.17. The number of hydrogen-bond donors (Lipinski definition) is 4. The topological polar surface area (TPSA) is 124 Å². The number of nitrogens with one attached hydrogen (secondary N) is 3. The van der Waals surface area contributed by atoms with Gasteiger partial charge in [0.25, 0.3) is 5.91 Å². The number of nitrogens with two attached hydrogens (primary N) is 1. The fourth-order valence-corrected chi connectivity index (χ4v) is 4.17. The molecule has 1 fully saturated rings. The highest BCUT2D eigenvalue weighted by atomic mass is 16.5. The number of allylic oxidation sites excluding steroid dienone is 4. The second-order valence-electron chi connectivity index (χ2n) is 8.44. The summed E-state index contributed by atoms with van der Waals surface area (Å²) in [7, 11) is 3.40. The number of carbonyl (C=O) groups excluding carboxylic acids is 2. The Bertz CT molecular complexity index is 1070. The van der Waals surface area contributed by atoms with Crippen LogP contribution < -0.4 is 21.1 Å². The van der Waals surface area contributed by atoms with Crippen LogP contribution in [-0.2, 0) is 9.59 Å². The van der Waals surface area contributed by atoms with Crippen LogP contribution in [0.25, 0.3) is 0 Å². The van der Waals surface area contributed by atoms with Gasteiger partial charge in [0.2, 0.25) is 5.91 Å². The first-order valence-corrected chi connectivity index (χ1v) is 11.4. The average molecular weight is 467 g/mol. The molecule has 0 unspecified atom stereocenters. The van der Waals surface area contributed by atoms with Crippen LogP contribution >= 0.6 is 0 Å². The summed E-state index contributed by atoms with van der Waals surface area (Å²) in [5.41, 5.74) is 10.0. The Morgan fingerprint density at radius 1 is 1.15 bits per heavy atom. The molecule has 2 amide bonds. The van der Waals surface area contributed by atoms with Crippen LogP contribution in [0.15, 0.2) is 53.0 Å². The molecular formula is C25H34N6O3. The molecule has 1 aromatic rings. The first kappa shape index (κ1) is 24.9. The molecule has 1 saturated heterocycles. The number of carbonyl (C=O) groups is 2. The minimum atomic E-state index is -0.195. The molecule has 2 heterocycles. The zero-order valence-corrected chi connectivity index (χ0v) is 20.3. The number of likely N-dealkylation sites (tertiary alicyclic amines) is 1. The second-order valence-corrected chi connectivity index (χ2v) is 8.44. The maximum Gasteiger partial charge on any atom is 0.274 e. The van der Waals surface area contributed by atoms with E-state index in [1.54, 1.807) is 16.9 Å². The Morgan fingerprint density at radius 3 is 2.44 bits per heavy atom. The van der Waals surface area contributed by atoms with Crippen molar-refractivity contribution in [3.8, 4) is 5.75 Å². The van der Waals surface area contributed by atoms with Gasteiger partial charge in [-0.2, -0.15) is 0 Å². The van der Waals surface area contributed by atoms with Crippen LogP contribution in [0.3, 0.4) is 0 Å². The lowest BCUT2D eigenvalue weighted by Gasteiger charge is -2.32. The summed E-state index contributed by atoms with van der Waals surface area (Å²) in [6.07, 6.45) is 6.01. The lowest BCUT2D eigenvalue weighted by atomic mass is 9.99. The lowest BCUT2D eigenvalue weighted by Crippen LogP contribution is -2.39.